The molecule has 0 unspecified atom stereocenters. The average Bonchev–Trinajstić information content (AvgIpc) is 2.73. The molecule has 0 amide bonds. The summed E-state index contributed by atoms with van der Waals surface area (Å²) in [5.74, 6) is 1.79. The topological polar surface area (TPSA) is 16.4 Å². The highest BCUT2D eigenvalue weighted by Crippen LogP contribution is 2.31. The van der Waals surface area contributed by atoms with Gasteiger partial charge in [0.05, 0.1) is 0 Å². The van der Waals surface area contributed by atoms with Crippen LogP contribution in [0.4, 0.5) is 0 Å². The Labute approximate surface area is 95.9 Å². The maximum Gasteiger partial charge on any atom is 0.134 e. The molecule has 0 saturated carbocycles. The number of piperidine rings is 1. The second-order valence-electron chi connectivity index (χ2n) is 4.76. The lowest BCUT2D eigenvalue weighted by Crippen LogP contribution is -2.29. The fraction of sp³-hybridized carbons (Fsp3) is 0.429. The molecule has 1 saturated heterocycles. The summed E-state index contributed by atoms with van der Waals surface area (Å²) in [6, 6.07) is 10.5. The summed E-state index contributed by atoms with van der Waals surface area (Å²) in [6.07, 6.45) is 2.44. The highest BCUT2D eigenvalue weighted by Gasteiger charge is 2.21. The van der Waals surface area contributed by atoms with E-state index < -0.39 is 0 Å². The highest BCUT2D eigenvalue weighted by atomic mass is 16.3. The molecule has 2 heterocycles. The first kappa shape index (κ1) is 9.91. The number of hydrogen-bond donors (Lipinski definition) is 0. The van der Waals surface area contributed by atoms with Gasteiger partial charge in [-0.05, 0) is 45.1 Å². The van der Waals surface area contributed by atoms with E-state index in [0.717, 1.165) is 5.58 Å². The van der Waals surface area contributed by atoms with Gasteiger partial charge in [0, 0.05) is 11.3 Å². The zero-order valence-electron chi connectivity index (χ0n) is 9.65. The maximum atomic E-state index is 5.92. The fourth-order valence-corrected chi connectivity index (χ4v) is 2.50. The Balaban J connectivity index is 1.88. The Hall–Kier alpha value is -1.28. The van der Waals surface area contributed by atoms with Gasteiger partial charge in [-0.2, -0.15) is 0 Å². The van der Waals surface area contributed by atoms with Crippen molar-refractivity contribution in [1.29, 1.82) is 0 Å². The van der Waals surface area contributed by atoms with Gasteiger partial charge in [-0.3, -0.25) is 0 Å². The molecule has 0 spiro atoms. The van der Waals surface area contributed by atoms with Crippen LogP contribution in [0.15, 0.2) is 34.7 Å². The molecule has 2 nitrogen and oxygen atoms in total. The highest BCUT2D eigenvalue weighted by molar-refractivity contribution is 5.77. The Bertz CT molecular complexity index is 447. The van der Waals surface area contributed by atoms with Gasteiger partial charge in [0.1, 0.15) is 11.3 Å². The summed E-state index contributed by atoms with van der Waals surface area (Å²) >= 11 is 0. The Morgan fingerprint density at radius 3 is 2.69 bits per heavy atom. The van der Waals surface area contributed by atoms with E-state index in [9.17, 15) is 0 Å². The van der Waals surface area contributed by atoms with Gasteiger partial charge in [-0.25, -0.2) is 0 Å². The summed E-state index contributed by atoms with van der Waals surface area (Å²) in [7, 11) is 2.19. The van der Waals surface area contributed by atoms with Gasteiger partial charge in [0.2, 0.25) is 0 Å². The van der Waals surface area contributed by atoms with Crippen molar-refractivity contribution in [3.8, 4) is 0 Å². The normalized spacial score (nSPS) is 19.3. The fourth-order valence-electron chi connectivity index (χ4n) is 2.50. The van der Waals surface area contributed by atoms with Crippen LogP contribution in [0.1, 0.15) is 24.5 Å². The minimum absolute atomic E-state index is 0.614. The predicted molar refractivity (Wildman–Crippen MR) is 65.7 cm³/mol. The van der Waals surface area contributed by atoms with Crippen molar-refractivity contribution >= 4 is 11.0 Å². The van der Waals surface area contributed by atoms with E-state index >= 15 is 0 Å². The summed E-state index contributed by atoms with van der Waals surface area (Å²) in [5.41, 5.74) is 1.02. The molecule has 2 heteroatoms. The summed E-state index contributed by atoms with van der Waals surface area (Å²) in [4.78, 5) is 2.39. The first-order valence-corrected chi connectivity index (χ1v) is 6.00. The van der Waals surface area contributed by atoms with Crippen molar-refractivity contribution in [2.75, 3.05) is 20.1 Å². The third kappa shape index (κ3) is 1.74. The minimum Gasteiger partial charge on any atom is -0.461 e. The first-order valence-electron chi connectivity index (χ1n) is 6.00. The molecule has 1 aliphatic heterocycles. The molecule has 1 aromatic carbocycles. The van der Waals surface area contributed by atoms with Crippen LogP contribution in [-0.4, -0.2) is 25.0 Å². The maximum absolute atomic E-state index is 5.92. The van der Waals surface area contributed by atoms with Crippen molar-refractivity contribution in [2.45, 2.75) is 18.8 Å². The number of para-hydroxylation sites is 1. The zero-order chi connectivity index (χ0) is 11.0. The van der Waals surface area contributed by atoms with Gasteiger partial charge in [-0.15, -0.1) is 0 Å². The van der Waals surface area contributed by atoms with E-state index in [4.69, 9.17) is 4.42 Å². The summed E-state index contributed by atoms with van der Waals surface area (Å²) in [6.45, 7) is 2.36. The largest absolute Gasteiger partial charge is 0.461 e. The lowest BCUT2D eigenvalue weighted by Gasteiger charge is -2.27. The lowest BCUT2D eigenvalue weighted by atomic mass is 9.94. The number of fused-ring (bicyclic) bond motifs is 1. The van der Waals surface area contributed by atoms with E-state index in [1.807, 2.05) is 12.1 Å². The standard InChI is InChI=1S/C14H17NO/c1-15-8-6-11(7-9-15)14-10-12-4-2-3-5-13(12)16-14/h2-5,10-11H,6-9H2,1H3. The molecular formula is C14H17NO. The smallest absolute Gasteiger partial charge is 0.134 e. The van der Waals surface area contributed by atoms with Crippen LogP contribution in [0.2, 0.25) is 0 Å². The second kappa shape index (κ2) is 3.95. The number of likely N-dealkylation sites (tertiary alicyclic amines) is 1. The molecule has 84 valence electrons. The van der Waals surface area contributed by atoms with E-state index in [1.165, 1.54) is 37.1 Å². The third-order valence-electron chi connectivity index (χ3n) is 3.57. The molecule has 1 fully saturated rings. The van der Waals surface area contributed by atoms with E-state index in [-0.39, 0.29) is 0 Å². The Morgan fingerprint density at radius 1 is 1.19 bits per heavy atom. The summed E-state index contributed by atoms with van der Waals surface area (Å²) < 4.78 is 5.92. The molecule has 16 heavy (non-hydrogen) atoms. The van der Waals surface area contributed by atoms with Crippen LogP contribution in [0.3, 0.4) is 0 Å². The molecule has 0 atom stereocenters. The van der Waals surface area contributed by atoms with Crippen molar-refractivity contribution < 1.29 is 4.42 Å². The second-order valence-corrected chi connectivity index (χ2v) is 4.76. The molecule has 0 N–H and O–H groups in total. The number of nitrogens with zero attached hydrogens (tertiary/aromatic N) is 1. The van der Waals surface area contributed by atoms with Gasteiger partial charge in [-0.1, -0.05) is 18.2 Å². The molecule has 0 bridgehead atoms. The Kier molecular flexibility index (Phi) is 2.44. The van der Waals surface area contributed by atoms with E-state index in [1.54, 1.807) is 0 Å². The van der Waals surface area contributed by atoms with Crippen LogP contribution < -0.4 is 0 Å². The molecular weight excluding hydrogens is 198 g/mol. The number of hydrogen-bond acceptors (Lipinski definition) is 2. The quantitative estimate of drug-likeness (QED) is 0.726. The van der Waals surface area contributed by atoms with Gasteiger partial charge < -0.3 is 9.32 Å². The van der Waals surface area contributed by atoms with Crippen molar-refractivity contribution in [2.24, 2.45) is 0 Å². The predicted octanol–water partition coefficient (Wildman–Crippen LogP) is 3.24. The van der Waals surface area contributed by atoms with E-state index in [2.05, 4.69) is 30.1 Å². The van der Waals surface area contributed by atoms with Crippen molar-refractivity contribution in [1.82, 2.24) is 4.90 Å². The van der Waals surface area contributed by atoms with Crippen LogP contribution in [0, 0.1) is 0 Å². The molecule has 3 rings (SSSR count). The third-order valence-corrected chi connectivity index (χ3v) is 3.57. The first-order chi connectivity index (χ1) is 7.83. The zero-order valence-corrected chi connectivity index (χ0v) is 9.65. The molecule has 0 aliphatic carbocycles. The SMILES string of the molecule is CN1CCC(c2cc3ccccc3o2)CC1. The van der Waals surface area contributed by atoms with Crippen LogP contribution >= 0.6 is 0 Å². The van der Waals surface area contributed by atoms with Gasteiger partial charge in [0.25, 0.3) is 0 Å². The molecule has 2 aromatic rings. The van der Waals surface area contributed by atoms with Crippen LogP contribution in [0.25, 0.3) is 11.0 Å². The summed E-state index contributed by atoms with van der Waals surface area (Å²) in [5, 5.41) is 1.23. The Morgan fingerprint density at radius 2 is 1.94 bits per heavy atom. The molecule has 1 aromatic heterocycles. The number of rotatable bonds is 1. The number of furan rings is 1. The molecule has 1 aliphatic rings. The van der Waals surface area contributed by atoms with Crippen molar-refractivity contribution in [3.63, 3.8) is 0 Å². The monoisotopic (exact) mass is 215 g/mol. The molecule has 0 radical (unpaired) electrons. The van der Waals surface area contributed by atoms with Gasteiger partial charge in [0.15, 0.2) is 0 Å². The van der Waals surface area contributed by atoms with Crippen LogP contribution in [-0.2, 0) is 0 Å². The van der Waals surface area contributed by atoms with Crippen molar-refractivity contribution in [3.05, 3.63) is 36.1 Å². The number of benzene rings is 1. The van der Waals surface area contributed by atoms with Gasteiger partial charge >= 0.3 is 0 Å². The lowest BCUT2D eigenvalue weighted by molar-refractivity contribution is 0.242. The minimum atomic E-state index is 0.614. The average molecular weight is 215 g/mol. The van der Waals surface area contributed by atoms with Crippen LogP contribution in [0.5, 0.6) is 0 Å². The van der Waals surface area contributed by atoms with E-state index in [0.29, 0.717) is 5.92 Å².